The van der Waals surface area contributed by atoms with E-state index in [-0.39, 0.29) is 12.4 Å². The number of hydrogen-bond donors (Lipinski definition) is 2. The van der Waals surface area contributed by atoms with Gasteiger partial charge in [-0.3, -0.25) is 4.90 Å². The van der Waals surface area contributed by atoms with Crippen LogP contribution < -0.4 is 10.5 Å². The van der Waals surface area contributed by atoms with Gasteiger partial charge in [0.2, 0.25) is 10.0 Å². The van der Waals surface area contributed by atoms with E-state index in [1.165, 1.54) is 5.56 Å². The number of nitrogens with two attached hydrogens (primary N) is 1. The monoisotopic (exact) mass is 409 g/mol. The highest BCUT2D eigenvalue weighted by Gasteiger charge is 2.22. The molecule has 0 radical (unpaired) electrons. The van der Waals surface area contributed by atoms with Crippen LogP contribution in [0.15, 0.2) is 53.4 Å². The average molecular weight is 410 g/mol. The van der Waals surface area contributed by atoms with Crippen LogP contribution in [-0.2, 0) is 16.6 Å². The largest absolute Gasteiger partial charge is 0.399 e. The quantitative estimate of drug-likeness (QED) is 0.718. The predicted octanol–water partition coefficient (Wildman–Crippen LogP) is 3.19. The molecule has 0 spiro atoms. The van der Waals surface area contributed by atoms with Crippen molar-refractivity contribution in [2.24, 2.45) is 5.92 Å². The Morgan fingerprint density at radius 2 is 1.93 bits per heavy atom. The van der Waals surface area contributed by atoms with E-state index >= 15 is 0 Å². The SMILES string of the molecule is Cc1ccc(S(=O)(=O)NCC2CCCN(Cc3cccc(N)c3)C2)cc1.Cl. The molecule has 1 saturated heterocycles. The van der Waals surface area contributed by atoms with Crippen LogP contribution in [0.25, 0.3) is 0 Å². The Kier molecular flexibility index (Phi) is 7.68. The van der Waals surface area contributed by atoms with Gasteiger partial charge in [-0.05, 0) is 62.1 Å². The van der Waals surface area contributed by atoms with Crippen LogP contribution in [0, 0.1) is 12.8 Å². The Bertz CT molecular complexity index is 841. The van der Waals surface area contributed by atoms with Crippen molar-refractivity contribution in [1.82, 2.24) is 9.62 Å². The van der Waals surface area contributed by atoms with E-state index in [0.717, 1.165) is 43.7 Å². The van der Waals surface area contributed by atoms with Crippen LogP contribution in [0.5, 0.6) is 0 Å². The third-order valence-corrected chi connectivity index (χ3v) is 6.29. The third-order valence-electron chi connectivity index (χ3n) is 4.85. The highest BCUT2D eigenvalue weighted by Crippen LogP contribution is 2.20. The van der Waals surface area contributed by atoms with Crippen molar-refractivity contribution in [1.29, 1.82) is 0 Å². The number of nitrogen functional groups attached to an aromatic ring is 1. The lowest BCUT2D eigenvalue weighted by atomic mass is 9.98. The number of likely N-dealkylation sites (tertiary alicyclic amines) is 1. The molecule has 1 aliphatic heterocycles. The molecule has 1 fully saturated rings. The van der Waals surface area contributed by atoms with E-state index in [1.54, 1.807) is 12.1 Å². The molecule has 1 atom stereocenters. The topological polar surface area (TPSA) is 75.4 Å². The molecule has 0 aliphatic carbocycles. The number of rotatable bonds is 6. The van der Waals surface area contributed by atoms with E-state index < -0.39 is 10.0 Å². The van der Waals surface area contributed by atoms with Gasteiger partial charge in [-0.25, -0.2) is 13.1 Å². The van der Waals surface area contributed by atoms with Gasteiger partial charge in [0.15, 0.2) is 0 Å². The number of hydrogen-bond acceptors (Lipinski definition) is 4. The summed E-state index contributed by atoms with van der Waals surface area (Å²) >= 11 is 0. The number of halogens is 1. The molecule has 2 aromatic carbocycles. The normalized spacial score (nSPS) is 18.0. The lowest BCUT2D eigenvalue weighted by molar-refractivity contribution is 0.169. The minimum atomic E-state index is -3.44. The summed E-state index contributed by atoms with van der Waals surface area (Å²) < 4.78 is 27.7. The molecule has 5 nitrogen and oxygen atoms in total. The second-order valence-corrected chi connectivity index (χ2v) is 8.92. The number of sulfonamides is 1. The maximum absolute atomic E-state index is 12.5. The molecule has 3 N–H and O–H groups in total. The van der Waals surface area contributed by atoms with Crippen molar-refractivity contribution in [3.05, 3.63) is 59.7 Å². The molecular weight excluding hydrogens is 382 g/mol. The van der Waals surface area contributed by atoms with Crippen molar-refractivity contribution >= 4 is 28.1 Å². The molecule has 27 heavy (non-hydrogen) atoms. The molecule has 0 bridgehead atoms. The number of piperidine rings is 1. The first-order valence-electron chi connectivity index (χ1n) is 9.05. The first-order chi connectivity index (χ1) is 12.4. The predicted molar refractivity (Wildman–Crippen MR) is 112 cm³/mol. The van der Waals surface area contributed by atoms with Crippen molar-refractivity contribution in [3.8, 4) is 0 Å². The Morgan fingerprint density at radius 3 is 2.63 bits per heavy atom. The van der Waals surface area contributed by atoms with Gasteiger partial charge in [0.05, 0.1) is 4.90 Å². The van der Waals surface area contributed by atoms with Gasteiger partial charge >= 0.3 is 0 Å². The molecular formula is C20H28ClN3O2S. The standard InChI is InChI=1S/C20H27N3O2S.ClH/c1-16-7-9-20(10-8-16)26(24,25)22-13-18-5-3-11-23(15-18)14-17-4-2-6-19(21)12-17;/h2,4,6-10,12,18,22H,3,5,11,13-15,21H2,1H3;1H. The summed E-state index contributed by atoms with van der Waals surface area (Å²) in [6, 6.07) is 14.9. The zero-order valence-electron chi connectivity index (χ0n) is 15.6. The second kappa shape index (κ2) is 9.55. The zero-order chi connectivity index (χ0) is 18.6. The van der Waals surface area contributed by atoms with E-state index in [1.807, 2.05) is 37.3 Å². The smallest absolute Gasteiger partial charge is 0.240 e. The Labute approximate surface area is 168 Å². The molecule has 1 heterocycles. The van der Waals surface area contributed by atoms with Crippen LogP contribution in [0.3, 0.4) is 0 Å². The Hall–Kier alpha value is -1.60. The summed E-state index contributed by atoms with van der Waals surface area (Å²) in [5.74, 6) is 0.324. The minimum absolute atomic E-state index is 0. The number of benzene rings is 2. The van der Waals surface area contributed by atoms with E-state index in [0.29, 0.717) is 17.4 Å². The molecule has 0 amide bonds. The summed E-state index contributed by atoms with van der Waals surface area (Å²) in [5.41, 5.74) is 8.88. The number of anilines is 1. The summed E-state index contributed by atoms with van der Waals surface area (Å²) in [5, 5.41) is 0. The van der Waals surface area contributed by atoms with Crippen molar-refractivity contribution < 1.29 is 8.42 Å². The molecule has 1 aliphatic rings. The Balaban J connectivity index is 0.00000261. The average Bonchev–Trinajstić information content (AvgIpc) is 2.61. The van der Waals surface area contributed by atoms with Gasteiger partial charge in [0, 0.05) is 25.3 Å². The summed E-state index contributed by atoms with van der Waals surface area (Å²) in [7, 11) is -3.44. The zero-order valence-corrected chi connectivity index (χ0v) is 17.2. The molecule has 3 rings (SSSR count). The minimum Gasteiger partial charge on any atom is -0.399 e. The maximum Gasteiger partial charge on any atom is 0.240 e. The van der Waals surface area contributed by atoms with Gasteiger partial charge in [-0.2, -0.15) is 0 Å². The van der Waals surface area contributed by atoms with Gasteiger partial charge in [0.25, 0.3) is 0 Å². The molecule has 7 heteroatoms. The van der Waals surface area contributed by atoms with Gasteiger partial charge < -0.3 is 5.73 Å². The number of aryl methyl sites for hydroxylation is 1. The van der Waals surface area contributed by atoms with Crippen molar-refractivity contribution in [2.45, 2.75) is 31.2 Å². The fourth-order valence-corrected chi connectivity index (χ4v) is 4.56. The summed E-state index contributed by atoms with van der Waals surface area (Å²) in [6.07, 6.45) is 2.13. The highest BCUT2D eigenvalue weighted by molar-refractivity contribution is 7.89. The van der Waals surface area contributed by atoms with Crippen molar-refractivity contribution in [3.63, 3.8) is 0 Å². The molecule has 0 aromatic heterocycles. The van der Waals surface area contributed by atoms with Crippen molar-refractivity contribution in [2.75, 3.05) is 25.4 Å². The fraction of sp³-hybridized carbons (Fsp3) is 0.400. The number of nitrogens with zero attached hydrogens (tertiary/aromatic N) is 1. The lowest BCUT2D eigenvalue weighted by Gasteiger charge is -2.32. The molecule has 148 valence electrons. The van der Waals surface area contributed by atoms with Gasteiger partial charge in [0.1, 0.15) is 0 Å². The van der Waals surface area contributed by atoms with Crippen LogP contribution >= 0.6 is 12.4 Å². The fourth-order valence-electron chi connectivity index (χ4n) is 3.44. The molecule has 2 aromatic rings. The third kappa shape index (κ3) is 6.21. The van der Waals surface area contributed by atoms with Crippen LogP contribution in [0.4, 0.5) is 5.69 Å². The second-order valence-electron chi connectivity index (χ2n) is 7.15. The highest BCUT2D eigenvalue weighted by atomic mass is 35.5. The molecule has 1 unspecified atom stereocenters. The van der Waals surface area contributed by atoms with Crippen LogP contribution in [0.1, 0.15) is 24.0 Å². The van der Waals surface area contributed by atoms with E-state index in [4.69, 9.17) is 5.73 Å². The molecule has 0 saturated carbocycles. The Morgan fingerprint density at radius 1 is 1.19 bits per heavy atom. The first kappa shape index (κ1) is 21.7. The summed E-state index contributed by atoms with van der Waals surface area (Å²) in [4.78, 5) is 2.71. The van der Waals surface area contributed by atoms with Gasteiger partial charge in [-0.1, -0.05) is 29.8 Å². The van der Waals surface area contributed by atoms with Crippen LogP contribution in [0.2, 0.25) is 0 Å². The summed E-state index contributed by atoms with van der Waals surface area (Å²) in [6.45, 7) is 5.21. The van der Waals surface area contributed by atoms with Gasteiger partial charge in [-0.15, -0.1) is 12.4 Å². The number of nitrogens with one attached hydrogen (secondary N) is 1. The lowest BCUT2D eigenvalue weighted by Crippen LogP contribution is -2.40. The van der Waals surface area contributed by atoms with Crippen LogP contribution in [-0.4, -0.2) is 33.0 Å². The maximum atomic E-state index is 12.5. The first-order valence-corrected chi connectivity index (χ1v) is 10.5. The van der Waals surface area contributed by atoms with E-state index in [9.17, 15) is 8.42 Å². The van der Waals surface area contributed by atoms with E-state index in [2.05, 4.69) is 15.7 Å².